The molecule has 0 saturated heterocycles. The number of anilines is 1. The fourth-order valence-corrected chi connectivity index (χ4v) is 1.19. The molecule has 4 heteroatoms. The van der Waals surface area contributed by atoms with Gasteiger partial charge in [-0.3, -0.25) is 0 Å². The lowest BCUT2D eigenvalue weighted by Crippen LogP contribution is -2.10. The van der Waals surface area contributed by atoms with Crippen molar-refractivity contribution in [3.8, 4) is 0 Å². The predicted molar refractivity (Wildman–Crippen MR) is 61.1 cm³/mol. The second-order valence-electron chi connectivity index (χ2n) is 3.11. The van der Waals surface area contributed by atoms with E-state index in [1.54, 1.807) is 6.20 Å². The van der Waals surface area contributed by atoms with Gasteiger partial charge in [0.1, 0.15) is 5.82 Å². The minimum atomic E-state index is 0. The van der Waals surface area contributed by atoms with Crippen LogP contribution in [0.5, 0.6) is 0 Å². The predicted octanol–water partition coefficient (Wildman–Crippen LogP) is 2.12. The largest absolute Gasteiger partial charge is 0.363 e. The van der Waals surface area contributed by atoms with Crippen molar-refractivity contribution < 1.29 is 0 Å². The summed E-state index contributed by atoms with van der Waals surface area (Å²) in [7, 11) is 3.94. The number of hydrogen-bond acceptors (Lipinski definition) is 3. The lowest BCUT2D eigenvalue weighted by Gasteiger charge is -2.10. The van der Waals surface area contributed by atoms with Crippen LogP contribution < -0.4 is 4.90 Å². The van der Waals surface area contributed by atoms with Gasteiger partial charge in [-0.25, -0.2) is 9.97 Å². The van der Waals surface area contributed by atoms with Crippen LogP contribution in [0.2, 0.25) is 0 Å². The van der Waals surface area contributed by atoms with E-state index in [0.29, 0.717) is 0 Å². The summed E-state index contributed by atoms with van der Waals surface area (Å²) >= 11 is 0. The molecule has 0 aliphatic carbocycles. The van der Waals surface area contributed by atoms with Gasteiger partial charge in [0, 0.05) is 25.7 Å². The van der Waals surface area contributed by atoms with Crippen molar-refractivity contribution in [2.75, 3.05) is 19.0 Å². The van der Waals surface area contributed by atoms with Crippen molar-refractivity contribution in [1.29, 1.82) is 0 Å². The maximum absolute atomic E-state index is 4.39. The first-order valence-corrected chi connectivity index (χ1v) is 4.16. The number of aromatic nitrogens is 2. The summed E-state index contributed by atoms with van der Waals surface area (Å²) < 4.78 is 0. The standard InChI is InChI=1S/C10H11N3.ClH/c1-13(2)9-6-5-8-4-3-7-11-10(8)12-9;/h3-7H,1-2H3;1H. The molecule has 0 atom stereocenters. The van der Waals surface area contributed by atoms with Crippen molar-refractivity contribution in [2.24, 2.45) is 0 Å². The minimum Gasteiger partial charge on any atom is -0.363 e. The van der Waals surface area contributed by atoms with E-state index in [-0.39, 0.29) is 12.4 Å². The average molecular weight is 210 g/mol. The number of fused-ring (bicyclic) bond motifs is 1. The van der Waals surface area contributed by atoms with Gasteiger partial charge >= 0.3 is 0 Å². The summed E-state index contributed by atoms with van der Waals surface area (Å²) in [6.45, 7) is 0. The summed E-state index contributed by atoms with van der Waals surface area (Å²) in [5.74, 6) is 0.936. The molecular formula is C10H12ClN3. The van der Waals surface area contributed by atoms with E-state index in [1.165, 1.54) is 0 Å². The Bertz CT molecular complexity index is 428. The second kappa shape index (κ2) is 4.24. The molecule has 3 nitrogen and oxygen atoms in total. The molecule has 0 amide bonds. The Morgan fingerprint density at radius 2 is 1.93 bits per heavy atom. The van der Waals surface area contributed by atoms with Crippen molar-refractivity contribution in [3.05, 3.63) is 30.5 Å². The Hall–Kier alpha value is -1.35. The molecule has 0 aromatic carbocycles. The Morgan fingerprint density at radius 1 is 1.14 bits per heavy atom. The molecule has 0 unspecified atom stereocenters. The van der Waals surface area contributed by atoms with Gasteiger partial charge in [-0.2, -0.15) is 0 Å². The number of halogens is 1. The van der Waals surface area contributed by atoms with E-state index in [2.05, 4.69) is 9.97 Å². The third-order valence-corrected chi connectivity index (χ3v) is 1.91. The van der Waals surface area contributed by atoms with Crippen LogP contribution in [0.15, 0.2) is 30.5 Å². The summed E-state index contributed by atoms with van der Waals surface area (Å²) in [4.78, 5) is 10.5. The maximum Gasteiger partial charge on any atom is 0.161 e. The molecule has 14 heavy (non-hydrogen) atoms. The van der Waals surface area contributed by atoms with E-state index in [0.717, 1.165) is 16.9 Å². The number of nitrogens with zero attached hydrogens (tertiary/aromatic N) is 3. The van der Waals surface area contributed by atoms with Crippen molar-refractivity contribution in [2.45, 2.75) is 0 Å². The molecule has 2 heterocycles. The normalized spacial score (nSPS) is 9.57. The molecule has 0 bridgehead atoms. The molecular weight excluding hydrogens is 198 g/mol. The van der Waals surface area contributed by atoms with E-state index in [9.17, 15) is 0 Å². The molecule has 2 aromatic rings. The van der Waals surface area contributed by atoms with Crippen molar-refractivity contribution in [1.82, 2.24) is 9.97 Å². The van der Waals surface area contributed by atoms with E-state index in [4.69, 9.17) is 0 Å². The van der Waals surface area contributed by atoms with E-state index in [1.807, 2.05) is 43.3 Å². The molecule has 2 rings (SSSR count). The van der Waals surface area contributed by atoms with Crippen LogP contribution in [0.3, 0.4) is 0 Å². The maximum atomic E-state index is 4.39. The smallest absolute Gasteiger partial charge is 0.161 e. The zero-order chi connectivity index (χ0) is 9.26. The van der Waals surface area contributed by atoms with Crippen LogP contribution in [0.1, 0.15) is 0 Å². The highest BCUT2D eigenvalue weighted by atomic mass is 35.5. The van der Waals surface area contributed by atoms with Gasteiger partial charge in [-0.1, -0.05) is 0 Å². The summed E-state index contributed by atoms with van der Waals surface area (Å²) in [5.41, 5.74) is 0.800. The fourth-order valence-electron chi connectivity index (χ4n) is 1.19. The van der Waals surface area contributed by atoms with Crippen molar-refractivity contribution in [3.63, 3.8) is 0 Å². The zero-order valence-electron chi connectivity index (χ0n) is 8.14. The highest BCUT2D eigenvalue weighted by Crippen LogP contribution is 2.13. The van der Waals surface area contributed by atoms with Gasteiger partial charge in [0.05, 0.1) is 0 Å². The summed E-state index contributed by atoms with van der Waals surface area (Å²) in [6.07, 6.45) is 1.76. The molecule has 0 aliphatic heterocycles. The first kappa shape index (κ1) is 10.7. The van der Waals surface area contributed by atoms with Gasteiger partial charge in [-0.05, 0) is 24.3 Å². The van der Waals surface area contributed by atoms with Crippen LogP contribution >= 0.6 is 12.4 Å². The van der Waals surface area contributed by atoms with Gasteiger partial charge < -0.3 is 4.90 Å². The molecule has 0 N–H and O–H groups in total. The Morgan fingerprint density at radius 3 is 2.64 bits per heavy atom. The van der Waals surface area contributed by atoms with Gasteiger partial charge in [0.2, 0.25) is 0 Å². The molecule has 0 spiro atoms. The van der Waals surface area contributed by atoms with Crippen LogP contribution in [0, 0.1) is 0 Å². The topological polar surface area (TPSA) is 29.0 Å². The van der Waals surface area contributed by atoms with Gasteiger partial charge in [0.25, 0.3) is 0 Å². The monoisotopic (exact) mass is 209 g/mol. The van der Waals surface area contributed by atoms with Gasteiger partial charge in [0.15, 0.2) is 5.65 Å². The van der Waals surface area contributed by atoms with Crippen LogP contribution in [0.4, 0.5) is 5.82 Å². The second-order valence-corrected chi connectivity index (χ2v) is 3.11. The molecule has 0 radical (unpaired) electrons. The van der Waals surface area contributed by atoms with Crippen molar-refractivity contribution >= 4 is 29.3 Å². The summed E-state index contributed by atoms with van der Waals surface area (Å²) in [6, 6.07) is 7.95. The number of pyridine rings is 2. The molecule has 74 valence electrons. The van der Waals surface area contributed by atoms with Crippen LogP contribution in [-0.4, -0.2) is 24.1 Å². The molecule has 0 saturated carbocycles. The third kappa shape index (κ3) is 1.93. The first-order chi connectivity index (χ1) is 6.27. The highest BCUT2D eigenvalue weighted by molar-refractivity contribution is 5.85. The molecule has 0 aliphatic rings. The van der Waals surface area contributed by atoms with Crippen LogP contribution in [-0.2, 0) is 0 Å². The van der Waals surface area contributed by atoms with Gasteiger partial charge in [-0.15, -0.1) is 12.4 Å². The molecule has 0 fully saturated rings. The lowest BCUT2D eigenvalue weighted by molar-refractivity contribution is 1.07. The Kier molecular flexibility index (Phi) is 3.25. The first-order valence-electron chi connectivity index (χ1n) is 4.16. The number of rotatable bonds is 1. The van der Waals surface area contributed by atoms with E-state index < -0.39 is 0 Å². The highest BCUT2D eigenvalue weighted by Gasteiger charge is 1.98. The Labute approximate surface area is 89.2 Å². The third-order valence-electron chi connectivity index (χ3n) is 1.91. The SMILES string of the molecule is CN(C)c1ccc2cccnc2n1.Cl. The van der Waals surface area contributed by atoms with Crippen LogP contribution in [0.25, 0.3) is 11.0 Å². The minimum absolute atomic E-state index is 0. The summed E-state index contributed by atoms with van der Waals surface area (Å²) in [5, 5.41) is 1.08. The Balaban J connectivity index is 0.000000980. The zero-order valence-corrected chi connectivity index (χ0v) is 8.95. The lowest BCUT2D eigenvalue weighted by atomic mass is 10.3. The van der Waals surface area contributed by atoms with E-state index >= 15 is 0 Å². The average Bonchev–Trinajstić information content (AvgIpc) is 2.17. The quantitative estimate of drug-likeness (QED) is 0.721. The number of hydrogen-bond donors (Lipinski definition) is 0. The fraction of sp³-hybridized carbons (Fsp3) is 0.200. The molecule has 2 aromatic heterocycles.